The quantitative estimate of drug-likeness (QED) is 0.808. The lowest BCUT2D eigenvalue weighted by Crippen LogP contribution is -2.57. The second-order valence-corrected chi connectivity index (χ2v) is 9.11. The van der Waals surface area contributed by atoms with Crippen molar-refractivity contribution in [1.82, 2.24) is 19.5 Å². The lowest BCUT2D eigenvalue weighted by Gasteiger charge is -2.40. The normalized spacial score (nSPS) is 21.5. The Bertz CT molecular complexity index is 982. The van der Waals surface area contributed by atoms with Gasteiger partial charge in [0.1, 0.15) is 0 Å². The van der Waals surface area contributed by atoms with Crippen molar-refractivity contribution in [1.29, 1.82) is 0 Å². The van der Waals surface area contributed by atoms with E-state index >= 15 is 0 Å². The Kier molecular flexibility index (Phi) is 6.24. The molecule has 1 amide bonds. The highest BCUT2D eigenvalue weighted by molar-refractivity contribution is 7.89. The Hall–Kier alpha value is -1.74. The number of rotatable bonds is 3. The van der Waals surface area contributed by atoms with Gasteiger partial charge in [0, 0.05) is 43.8 Å². The fraction of sp³-hybridized carbons (Fsp3) is 0.474. The number of pyridine rings is 1. The highest BCUT2D eigenvalue weighted by atomic mass is 35.5. The Morgan fingerprint density at radius 1 is 1.21 bits per heavy atom. The standard InChI is InChI=1S/C19H24N4O3S.ClH/c1-14-6-7-17(16-5-2-8-21-19(14)16)27(25,26)22-10-3-4-15(13-22)23-11-9-20-12-18(23)24;/h2,5-8,15,20H,3-4,9-13H2,1H3;1H. The van der Waals surface area contributed by atoms with Gasteiger partial charge in [-0.05, 0) is 43.5 Å². The molecule has 2 aromatic rings. The van der Waals surface area contributed by atoms with Gasteiger partial charge < -0.3 is 10.2 Å². The van der Waals surface area contributed by atoms with Crippen LogP contribution >= 0.6 is 12.4 Å². The molecule has 1 aromatic heterocycles. The number of nitrogens with zero attached hydrogens (tertiary/aromatic N) is 3. The first kappa shape index (κ1) is 21.0. The average molecular weight is 425 g/mol. The molecule has 7 nitrogen and oxygen atoms in total. The first-order valence-electron chi connectivity index (χ1n) is 9.33. The lowest BCUT2D eigenvalue weighted by molar-refractivity contribution is -0.135. The second kappa shape index (κ2) is 8.32. The number of sulfonamides is 1. The molecule has 1 aromatic carbocycles. The number of hydrogen-bond acceptors (Lipinski definition) is 5. The molecule has 1 N–H and O–H groups in total. The summed E-state index contributed by atoms with van der Waals surface area (Å²) in [5.74, 6) is 0.0514. The van der Waals surface area contributed by atoms with Crippen molar-refractivity contribution in [3.8, 4) is 0 Å². The molecule has 0 bridgehead atoms. The van der Waals surface area contributed by atoms with Crippen LogP contribution < -0.4 is 5.32 Å². The van der Waals surface area contributed by atoms with E-state index in [0.29, 0.717) is 42.0 Å². The van der Waals surface area contributed by atoms with Gasteiger partial charge in [-0.2, -0.15) is 4.31 Å². The van der Waals surface area contributed by atoms with Crippen molar-refractivity contribution in [2.75, 3.05) is 32.7 Å². The fourth-order valence-corrected chi connectivity index (χ4v) is 5.75. The summed E-state index contributed by atoms with van der Waals surface area (Å²) in [6.07, 6.45) is 3.27. The van der Waals surface area contributed by atoms with Gasteiger partial charge in [-0.25, -0.2) is 8.42 Å². The maximum Gasteiger partial charge on any atom is 0.243 e. The van der Waals surface area contributed by atoms with Crippen LogP contribution in [0.15, 0.2) is 35.4 Å². The van der Waals surface area contributed by atoms with E-state index in [9.17, 15) is 13.2 Å². The number of piperidine rings is 1. The number of halogens is 1. The number of fused-ring (bicyclic) bond motifs is 1. The minimum Gasteiger partial charge on any atom is -0.336 e. The minimum atomic E-state index is -3.65. The third kappa shape index (κ3) is 3.74. The Morgan fingerprint density at radius 3 is 2.82 bits per heavy atom. The molecular formula is C19H25ClN4O3S. The lowest BCUT2D eigenvalue weighted by atomic mass is 10.1. The van der Waals surface area contributed by atoms with E-state index in [4.69, 9.17) is 0 Å². The van der Waals surface area contributed by atoms with Crippen molar-refractivity contribution >= 4 is 39.2 Å². The van der Waals surface area contributed by atoms with Crippen molar-refractivity contribution in [2.24, 2.45) is 0 Å². The van der Waals surface area contributed by atoms with E-state index in [-0.39, 0.29) is 24.4 Å². The molecule has 152 valence electrons. The molecular weight excluding hydrogens is 400 g/mol. The first-order valence-corrected chi connectivity index (χ1v) is 10.8. The summed E-state index contributed by atoms with van der Waals surface area (Å²) in [7, 11) is -3.65. The number of nitrogens with one attached hydrogen (secondary N) is 1. The number of aromatic nitrogens is 1. The van der Waals surface area contributed by atoms with Crippen molar-refractivity contribution in [3.05, 3.63) is 36.0 Å². The van der Waals surface area contributed by atoms with Crippen LogP contribution in [0.2, 0.25) is 0 Å². The molecule has 0 aliphatic carbocycles. The fourth-order valence-electron chi connectivity index (χ4n) is 4.05. The van der Waals surface area contributed by atoms with Crippen LogP contribution in [0.5, 0.6) is 0 Å². The van der Waals surface area contributed by atoms with E-state index in [1.54, 1.807) is 18.3 Å². The number of carbonyl (C=O) groups is 1. The number of carbonyl (C=O) groups excluding carboxylic acids is 1. The third-order valence-corrected chi connectivity index (χ3v) is 7.40. The van der Waals surface area contributed by atoms with Gasteiger partial charge in [0.15, 0.2) is 0 Å². The smallest absolute Gasteiger partial charge is 0.243 e. The van der Waals surface area contributed by atoms with Crippen LogP contribution in [0.4, 0.5) is 0 Å². The van der Waals surface area contributed by atoms with E-state index < -0.39 is 10.0 Å². The highest BCUT2D eigenvalue weighted by Gasteiger charge is 2.35. The van der Waals surface area contributed by atoms with Gasteiger partial charge in [0.25, 0.3) is 0 Å². The van der Waals surface area contributed by atoms with Gasteiger partial charge >= 0.3 is 0 Å². The molecule has 0 spiro atoms. The summed E-state index contributed by atoms with van der Waals surface area (Å²) in [6, 6.07) is 7.00. The molecule has 2 fully saturated rings. The maximum absolute atomic E-state index is 13.4. The van der Waals surface area contributed by atoms with Crippen LogP contribution in [0.1, 0.15) is 18.4 Å². The molecule has 4 rings (SSSR count). The van der Waals surface area contributed by atoms with Crippen LogP contribution in [0.25, 0.3) is 10.9 Å². The number of hydrogen-bond donors (Lipinski definition) is 1. The van der Waals surface area contributed by atoms with Crippen LogP contribution in [0, 0.1) is 6.92 Å². The SMILES string of the molecule is Cc1ccc(S(=O)(=O)N2CCCC(N3CCNCC3=O)C2)c2cccnc12.Cl. The number of benzene rings is 1. The zero-order chi connectivity index (χ0) is 19.0. The first-order chi connectivity index (χ1) is 13.0. The summed E-state index contributed by atoms with van der Waals surface area (Å²) < 4.78 is 28.3. The minimum absolute atomic E-state index is 0. The van der Waals surface area contributed by atoms with Crippen LogP contribution in [-0.2, 0) is 14.8 Å². The summed E-state index contributed by atoms with van der Waals surface area (Å²) in [5, 5.41) is 3.72. The Labute approximate surface area is 171 Å². The summed E-state index contributed by atoms with van der Waals surface area (Å²) in [4.78, 5) is 18.7. The molecule has 1 atom stereocenters. The molecule has 0 saturated carbocycles. The molecule has 1 unspecified atom stereocenters. The Morgan fingerprint density at radius 2 is 2.04 bits per heavy atom. The molecule has 3 heterocycles. The Balaban J connectivity index is 0.00000225. The van der Waals surface area contributed by atoms with Gasteiger partial charge in [-0.3, -0.25) is 9.78 Å². The monoisotopic (exact) mass is 424 g/mol. The summed E-state index contributed by atoms with van der Waals surface area (Å²) in [5.41, 5.74) is 1.66. The van der Waals surface area contributed by atoms with Crippen molar-refractivity contribution in [3.63, 3.8) is 0 Å². The topological polar surface area (TPSA) is 82.6 Å². The molecule has 2 saturated heterocycles. The molecule has 2 aliphatic heterocycles. The van der Waals surface area contributed by atoms with Crippen molar-refractivity contribution < 1.29 is 13.2 Å². The van der Waals surface area contributed by atoms with Crippen LogP contribution in [-0.4, -0.2) is 67.3 Å². The summed E-state index contributed by atoms with van der Waals surface area (Å²) >= 11 is 0. The van der Waals surface area contributed by atoms with Gasteiger partial charge in [0.05, 0.1) is 17.0 Å². The van der Waals surface area contributed by atoms with Gasteiger partial charge in [0.2, 0.25) is 15.9 Å². The average Bonchev–Trinajstić information content (AvgIpc) is 2.69. The van der Waals surface area contributed by atoms with E-state index in [1.807, 2.05) is 24.0 Å². The predicted molar refractivity (Wildman–Crippen MR) is 110 cm³/mol. The molecule has 28 heavy (non-hydrogen) atoms. The predicted octanol–water partition coefficient (Wildman–Crippen LogP) is 1.55. The van der Waals surface area contributed by atoms with Crippen molar-refractivity contribution in [2.45, 2.75) is 30.7 Å². The molecule has 9 heteroatoms. The van der Waals surface area contributed by atoms with Crippen LogP contribution in [0.3, 0.4) is 0 Å². The number of piperazine rings is 1. The van der Waals surface area contributed by atoms with E-state index in [1.165, 1.54) is 4.31 Å². The maximum atomic E-state index is 13.4. The zero-order valence-corrected chi connectivity index (χ0v) is 17.4. The number of aryl methyl sites for hydroxylation is 1. The zero-order valence-electron chi connectivity index (χ0n) is 15.8. The second-order valence-electron chi connectivity index (χ2n) is 7.20. The third-order valence-electron chi connectivity index (χ3n) is 5.48. The van der Waals surface area contributed by atoms with E-state index in [2.05, 4.69) is 10.3 Å². The van der Waals surface area contributed by atoms with E-state index in [0.717, 1.165) is 24.9 Å². The molecule has 2 aliphatic rings. The molecule has 0 radical (unpaired) electrons. The largest absolute Gasteiger partial charge is 0.336 e. The van der Waals surface area contributed by atoms with Gasteiger partial charge in [-0.1, -0.05) is 6.07 Å². The number of amides is 1. The highest BCUT2D eigenvalue weighted by Crippen LogP contribution is 2.29. The summed E-state index contributed by atoms with van der Waals surface area (Å²) in [6.45, 7) is 4.48. The van der Waals surface area contributed by atoms with Gasteiger partial charge in [-0.15, -0.1) is 12.4 Å².